The Hall–Kier alpha value is -2.94. The molecule has 4 aromatic rings. The number of rotatable bonds is 7. The number of carbonyl (C=O) groups excluding carboxylic acids is 1. The van der Waals surface area contributed by atoms with Crippen molar-refractivity contribution in [3.05, 3.63) is 63.5 Å². The summed E-state index contributed by atoms with van der Waals surface area (Å²) in [6.07, 6.45) is 0.693. The van der Waals surface area contributed by atoms with Crippen molar-refractivity contribution in [2.45, 2.75) is 6.42 Å². The number of aromatic nitrogens is 1. The molecule has 0 unspecified atom stereocenters. The van der Waals surface area contributed by atoms with Crippen LogP contribution in [0.3, 0.4) is 0 Å². The van der Waals surface area contributed by atoms with E-state index in [9.17, 15) is 9.59 Å². The molecule has 0 bridgehead atoms. The summed E-state index contributed by atoms with van der Waals surface area (Å²) in [6, 6.07) is 12.1. The Bertz CT molecular complexity index is 1350. The Kier molecular flexibility index (Phi) is 6.45. The van der Waals surface area contributed by atoms with Gasteiger partial charge in [-0.1, -0.05) is 41.1 Å². The van der Waals surface area contributed by atoms with Crippen molar-refractivity contribution in [1.29, 1.82) is 0 Å². The van der Waals surface area contributed by atoms with Crippen LogP contribution < -0.4 is 15.3 Å². The number of benzene rings is 2. The van der Waals surface area contributed by atoms with Crippen molar-refractivity contribution in [1.82, 2.24) is 9.88 Å². The molecule has 166 valence electrons. The SMILES string of the molecule is COc1ccc(Cl)c2sc(N(CCCN(C)C)C(=O)c3cc4ccccc4oc3=O)nc12. The zero-order valence-corrected chi connectivity index (χ0v) is 19.5. The van der Waals surface area contributed by atoms with Crippen molar-refractivity contribution in [2.24, 2.45) is 0 Å². The van der Waals surface area contributed by atoms with Gasteiger partial charge in [-0.15, -0.1) is 0 Å². The van der Waals surface area contributed by atoms with Gasteiger partial charge in [-0.3, -0.25) is 9.69 Å². The van der Waals surface area contributed by atoms with Crippen LogP contribution in [0, 0.1) is 0 Å². The van der Waals surface area contributed by atoms with Gasteiger partial charge in [0.2, 0.25) is 0 Å². The summed E-state index contributed by atoms with van der Waals surface area (Å²) < 4.78 is 11.5. The summed E-state index contributed by atoms with van der Waals surface area (Å²) >= 11 is 7.67. The summed E-state index contributed by atoms with van der Waals surface area (Å²) in [4.78, 5) is 34.4. The molecule has 0 N–H and O–H groups in total. The van der Waals surface area contributed by atoms with E-state index in [0.29, 0.717) is 45.4 Å². The van der Waals surface area contributed by atoms with Crippen molar-refractivity contribution in [2.75, 3.05) is 39.2 Å². The van der Waals surface area contributed by atoms with Crippen LogP contribution in [-0.2, 0) is 0 Å². The highest BCUT2D eigenvalue weighted by Gasteiger charge is 2.26. The zero-order valence-electron chi connectivity index (χ0n) is 17.9. The maximum Gasteiger partial charge on any atom is 0.349 e. The normalized spacial score (nSPS) is 11.4. The van der Waals surface area contributed by atoms with Crippen molar-refractivity contribution >= 4 is 55.2 Å². The second kappa shape index (κ2) is 9.28. The van der Waals surface area contributed by atoms with Gasteiger partial charge in [0.15, 0.2) is 5.13 Å². The predicted molar refractivity (Wildman–Crippen MR) is 129 cm³/mol. The number of methoxy groups -OCH3 is 1. The third-order valence-electron chi connectivity index (χ3n) is 5.00. The van der Waals surface area contributed by atoms with Gasteiger partial charge in [0, 0.05) is 11.9 Å². The number of nitrogens with zero attached hydrogens (tertiary/aromatic N) is 3. The van der Waals surface area contributed by atoms with Crippen LogP contribution in [0.25, 0.3) is 21.2 Å². The van der Waals surface area contributed by atoms with Crippen LogP contribution in [0.1, 0.15) is 16.8 Å². The highest BCUT2D eigenvalue weighted by atomic mass is 35.5. The van der Waals surface area contributed by atoms with E-state index in [0.717, 1.165) is 11.2 Å². The van der Waals surface area contributed by atoms with Crippen molar-refractivity contribution in [3.8, 4) is 5.75 Å². The summed E-state index contributed by atoms with van der Waals surface area (Å²) in [7, 11) is 5.49. The molecular formula is C23H22ClN3O4S. The zero-order chi connectivity index (χ0) is 22.8. The molecule has 32 heavy (non-hydrogen) atoms. The largest absolute Gasteiger partial charge is 0.494 e. The molecule has 0 fully saturated rings. The first kappa shape index (κ1) is 22.3. The molecule has 0 saturated carbocycles. The highest BCUT2D eigenvalue weighted by molar-refractivity contribution is 7.23. The second-order valence-corrected chi connectivity index (χ2v) is 8.91. The number of amides is 1. The molecule has 0 saturated heterocycles. The lowest BCUT2D eigenvalue weighted by Crippen LogP contribution is -2.36. The number of para-hydroxylation sites is 1. The molecular weight excluding hydrogens is 450 g/mol. The first-order chi connectivity index (χ1) is 15.4. The molecule has 9 heteroatoms. The molecule has 4 rings (SSSR count). The Morgan fingerprint density at radius 3 is 2.72 bits per heavy atom. The quantitative estimate of drug-likeness (QED) is 0.365. The molecule has 2 heterocycles. The summed E-state index contributed by atoms with van der Waals surface area (Å²) in [5.74, 6) is 0.107. The van der Waals surface area contributed by atoms with Crippen molar-refractivity contribution < 1.29 is 13.9 Å². The number of anilines is 1. The van der Waals surface area contributed by atoms with Gasteiger partial charge in [-0.05, 0) is 51.3 Å². The van der Waals surface area contributed by atoms with E-state index in [1.54, 1.807) is 43.5 Å². The number of hydrogen-bond acceptors (Lipinski definition) is 7. The average molecular weight is 472 g/mol. The third kappa shape index (κ3) is 4.34. The van der Waals surface area contributed by atoms with Gasteiger partial charge >= 0.3 is 5.63 Å². The Labute approximate surface area is 193 Å². The minimum atomic E-state index is -0.678. The fourth-order valence-corrected chi connectivity index (χ4v) is 4.69. The molecule has 1 amide bonds. The minimum absolute atomic E-state index is 0.0362. The van der Waals surface area contributed by atoms with Crippen LogP contribution >= 0.6 is 22.9 Å². The summed E-state index contributed by atoms with van der Waals surface area (Å²) in [5, 5.41) is 1.65. The lowest BCUT2D eigenvalue weighted by Gasteiger charge is -2.20. The number of fused-ring (bicyclic) bond motifs is 2. The standard InChI is InChI=1S/C23H22ClN3O4S/c1-26(2)11-6-12-27(23-25-19-18(30-3)10-9-16(24)20(19)32-23)21(28)15-13-14-7-4-5-8-17(14)31-22(15)29/h4-5,7-10,13H,6,11-12H2,1-3H3. The summed E-state index contributed by atoms with van der Waals surface area (Å²) in [5.41, 5.74) is 0.301. The molecule has 0 aliphatic rings. The van der Waals surface area contributed by atoms with E-state index in [1.165, 1.54) is 16.2 Å². The Morgan fingerprint density at radius 2 is 1.97 bits per heavy atom. The van der Waals surface area contributed by atoms with Crippen molar-refractivity contribution in [3.63, 3.8) is 0 Å². The minimum Gasteiger partial charge on any atom is -0.494 e. The Balaban J connectivity index is 1.80. The van der Waals surface area contributed by atoms with Crippen LogP contribution in [0.5, 0.6) is 5.75 Å². The third-order valence-corrected chi connectivity index (χ3v) is 6.54. The monoisotopic (exact) mass is 471 g/mol. The van der Waals surface area contributed by atoms with Crippen LogP contribution in [-0.4, -0.2) is 50.1 Å². The number of carbonyl (C=O) groups is 1. The van der Waals surface area contributed by atoms with Crippen LogP contribution in [0.15, 0.2) is 51.7 Å². The molecule has 0 aliphatic heterocycles. The lowest BCUT2D eigenvalue weighted by molar-refractivity contribution is 0.0982. The van der Waals surface area contributed by atoms with Crippen LogP contribution in [0.4, 0.5) is 5.13 Å². The molecule has 0 aliphatic carbocycles. The van der Waals surface area contributed by atoms with E-state index in [4.69, 9.17) is 20.8 Å². The number of hydrogen-bond donors (Lipinski definition) is 0. The topological polar surface area (TPSA) is 75.9 Å². The molecule has 0 radical (unpaired) electrons. The maximum atomic E-state index is 13.6. The smallest absolute Gasteiger partial charge is 0.349 e. The highest BCUT2D eigenvalue weighted by Crippen LogP contribution is 2.39. The molecule has 2 aromatic carbocycles. The molecule has 2 aromatic heterocycles. The fraction of sp³-hybridized carbons (Fsp3) is 0.261. The maximum absolute atomic E-state index is 13.6. The Morgan fingerprint density at radius 1 is 1.19 bits per heavy atom. The van der Waals surface area contributed by atoms with E-state index in [-0.39, 0.29) is 5.56 Å². The number of thiazole rings is 1. The van der Waals surface area contributed by atoms with Gasteiger partial charge in [0.25, 0.3) is 5.91 Å². The molecule has 0 spiro atoms. The van der Waals surface area contributed by atoms with E-state index in [1.807, 2.05) is 25.1 Å². The first-order valence-electron chi connectivity index (χ1n) is 10.0. The number of halogens is 1. The first-order valence-corrected chi connectivity index (χ1v) is 11.2. The van der Waals surface area contributed by atoms with Gasteiger partial charge < -0.3 is 14.1 Å². The molecule has 7 nitrogen and oxygen atoms in total. The fourth-order valence-electron chi connectivity index (χ4n) is 3.41. The van der Waals surface area contributed by atoms with Gasteiger partial charge in [-0.2, -0.15) is 0 Å². The van der Waals surface area contributed by atoms with Gasteiger partial charge in [0.05, 0.1) is 16.8 Å². The van der Waals surface area contributed by atoms with E-state index in [2.05, 4.69) is 4.98 Å². The van der Waals surface area contributed by atoms with E-state index < -0.39 is 11.5 Å². The van der Waals surface area contributed by atoms with Gasteiger partial charge in [0.1, 0.15) is 22.4 Å². The van der Waals surface area contributed by atoms with Crippen LogP contribution in [0.2, 0.25) is 5.02 Å². The molecule has 0 atom stereocenters. The number of ether oxygens (including phenoxy) is 1. The van der Waals surface area contributed by atoms with Gasteiger partial charge in [-0.25, -0.2) is 9.78 Å². The second-order valence-electron chi connectivity index (χ2n) is 7.52. The average Bonchev–Trinajstić information content (AvgIpc) is 3.22. The predicted octanol–water partition coefficient (Wildman–Crippen LogP) is 4.66. The van der Waals surface area contributed by atoms with E-state index >= 15 is 0 Å². The lowest BCUT2D eigenvalue weighted by atomic mass is 10.1. The summed E-state index contributed by atoms with van der Waals surface area (Å²) in [6.45, 7) is 1.15.